The second kappa shape index (κ2) is 3.57. The largest absolute Gasteiger partial charge is 0.372 e. The van der Waals surface area contributed by atoms with E-state index in [1.165, 1.54) is 0 Å². The predicted molar refractivity (Wildman–Crippen MR) is 56.5 cm³/mol. The first-order chi connectivity index (χ1) is 7.02. The molecule has 0 bridgehead atoms. The molecule has 15 heavy (non-hydrogen) atoms. The van der Waals surface area contributed by atoms with Crippen molar-refractivity contribution in [1.82, 2.24) is 20.1 Å². The van der Waals surface area contributed by atoms with Gasteiger partial charge in [0.2, 0.25) is 0 Å². The topological polar surface area (TPSA) is 52.0 Å². The Kier molecular flexibility index (Phi) is 2.52. The number of nitrogens with one attached hydrogen (secondary N) is 1. The summed E-state index contributed by atoms with van der Waals surface area (Å²) in [4.78, 5) is 0. The van der Waals surface area contributed by atoms with Crippen LogP contribution in [0, 0.1) is 6.92 Å². The van der Waals surface area contributed by atoms with Gasteiger partial charge in [0.05, 0.1) is 18.2 Å². The number of ether oxygens (including phenoxy) is 1. The Morgan fingerprint density at radius 1 is 1.47 bits per heavy atom. The Morgan fingerprint density at radius 3 is 2.73 bits per heavy atom. The molecule has 1 aliphatic rings. The lowest BCUT2D eigenvalue weighted by Gasteiger charge is -2.38. The third kappa shape index (κ3) is 1.77. The molecule has 2 heterocycles. The third-order valence-electron chi connectivity index (χ3n) is 3.00. The van der Waals surface area contributed by atoms with Gasteiger partial charge in [-0.1, -0.05) is 0 Å². The van der Waals surface area contributed by atoms with Crippen LogP contribution in [0.25, 0.3) is 0 Å². The van der Waals surface area contributed by atoms with Crippen molar-refractivity contribution in [3.05, 3.63) is 11.6 Å². The van der Waals surface area contributed by atoms with E-state index in [2.05, 4.69) is 29.4 Å². The quantitative estimate of drug-likeness (QED) is 0.736. The molecule has 1 fully saturated rings. The van der Waals surface area contributed by atoms with E-state index in [1.54, 1.807) is 0 Å². The van der Waals surface area contributed by atoms with Crippen molar-refractivity contribution in [1.29, 1.82) is 0 Å². The second-order valence-corrected chi connectivity index (χ2v) is 4.50. The maximum absolute atomic E-state index is 5.75. The highest BCUT2D eigenvalue weighted by atomic mass is 16.5. The highest BCUT2D eigenvalue weighted by molar-refractivity contribution is 5.06. The van der Waals surface area contributed by atoms with E-state index >= 15 is 0 Å². The molecule has 0 aliphatic carbocycles. The molecule has 0 saturated carbocycles. The number of morpholine rings is 1. The summed E-state index contributed by atoms with van der Waals surface area (Å²) in [7, 11) is 1.98. The molecule has 0 aromatic carbocycles. The standard InChI is InChI=1S/C10H18N4O/c1-7-12-13-9(14(7)4)8-10(2,3)15-6-5-11-8/h8,11H,5-6H2,1-4H3. The van der Waals surface area contributed by atoms with Gasteiger partial charge in [0.15, 0.2) is 5.82 Å². The third-order valence-corrected chi connectivity index (χ3v) is 3.00. The molecule has 2 rings (SSSR count). The zero-order chi connectivity index (χ0) is 11.1. The molecule has 1 unspecified atom stereocenters. The lowest BCUT2D eigenvalue weighted by atomic mass is 9.96. The zero-order valence-electron chi connectivity index (χ0n) is 9.74. The number of rotatable bonds is 1. The van der Waals surface area contributed by atoms with Gasteiger partial charge in [-0.25, -0.2) is 0 Å². The van der Waals surface area contributed by atoms with Gasteiger partial charge in [-0.05, 0) is 20.8 Å². The molecular weight excluding hydrogens is 192 g/mol. The van der Waals surface area contributed by atoms with Crippen LogP contribution in [0.15, 0.2) is 0 Å². The summed E-state index contributed by atoms with van der Waals surface area (Å²) >= 11 is 0. The Labute approximate surface area is 89.8 Å². The number of hydrogen-bond donors (Lipinski definition) is 1. The summed E-state index contributed by atoms with van der Waals surface area (Å²) in [6.45, 7) is 7.72. The van der Waals surface area contributed by atoms with Crippen LogP contribution >= 0.6 is 0 Å². The molecule has 5 heteroatoms. The van der Waals surface area contributed by atoms with Crippen molar-refractivity contribution >= 4 is 0 Å². The van der Waals surface area contributed by atoms with Crippen molar-refractivity contribution in [2.24, 2.45) is 7.05 Å². The number of aromatic nitrogens is 3. The molecule has 1 N–H and O–H groups in total. The van der Waals surface area contributed by atoms with Gasteiger partial charge in [-0.15, -0.1) is 10.2 Å². The molecule has 1 aliphatic heterocycles. The van der Waals surface area contributed by atoms with Crippen LogP contribution in [0.5, 0.6) is 0 Å². The van der Waals surface area contributed by atoms with Crippen LogP contribution in [-0.2, 0) is 11.8 Å². The SMILES string of the molecule is Cc1nnc(C2NCCOC2(C)C)n1C. The predicted octanol–water partition coefficient (Wildman–Crippen LogP) is 0.563. The van der Waals surface area contributed by atoms with Gasteiger partial charge in [0, 0.05) is 13.6 Å². The van der Waals surface area contributed by atoms with E-state index in [4.69, 9.17) is 4.74 Å². The zero-order valence-corrected chi connectivity index (χ0v) is 9.74. The van der Waals surface area contributed by atoms with Crippen LogP contribution in [0.1, 0.15) is 31.5 Å². The minimum absolute atomic E-state index is 0.109. The highest BCUT2D eigenvalue weighted by Crippen LogP contribution is 2.29. The molecule has 1 aromatic rings. The van der Waals surface area contributed by atoms with Crippen LogP contribution in [0.4, 0.5) is 0 Å². The first-order valence-electron chi connectivity index (χ1n) is 5.25. The Morgan fingerprint density at radius 2 is 2.20 bits per heavy atom. The Bertz CT molecular complexity index is 358. The van der Waals surface area contributed by atoms with Crippen molar-refractivity contribution in [2.45, 2.75) is 32.4 Å². The van der Waals surface area contributed by atoms with Crippen LogP contribution in [0.3, 0.4) is 0 Å². The van der Waals surface area contributed by atoms with Crippen LogP contribution in [0.2, 0.25) is 0 Å². The molecule has 5 nitrogen and oxygen atoms in total. The maximum Gasteiger partial charge on any atom is 0.152 e. The number of hydrogen-bond acceptors (Lipinski definition) is 4. The van der Waals surface area contributed by atoms with Crippen molar-refractivity contribution in [3.8, 4) is 0 Å². The van der Waals surface area contributed by atoms with Gasteiger partial charge in [-0.3, -0.25) is 0 Å². The Hall–Kier alpha value is -0.940. The summed E-state index contributed by atoms with van der Waals surface area (Å²) in [6.07, 6.45) is 0. The first-order valence-corrected chi connectivity index (χ1v) is 5.25. The van der Waals surface area contributed by atoms with Crippen LogP contribution in [-0.4, -0.2) is 33.5 Å². The fraction of sp³-hybridized carbons (Fsp3) is 0.800. The summed E-state index contributed by atoms with van der Waals surface area (Å²) in [5.74, 6) is 1.87. The summed E-state index contributed by atoms with van der Waals surface area (Å²) in [6, 6.07) is 0.109. The highest BCUT2D eigenvalue weighted by Gasteiger charge is 2.37. The molecule has 1 aromatic heterocycles. The van der Waals surface area contributed by atoms with Gasteiger partial charge >= 0.3 is 0 Å². The lowest BCUT2D eigenvalue weighted by molar-refractivity contribution is -0.0750. The molecule has 1 saturated heterocycles. The van der Waals surface area contributed by atoms with Crippen molar-refractivity contribution in [3.63, 3.8) is 0 Å². The van der Waals surface area contributed by atoms with E-state index in [0.29, 0.717) is 0 Å². The van der Waals surface area contributed by atoms with E-state index in [9.17, 15) is 0 Å². The Balaban J connectivity index is 2.33. The van der Waals surface area contributed by atoms with E-state index in [1.807, 2.05) is 18.5 Å². The normalized spacial score (nSPS) is 25.5. The number of nitrogens with zero attached hydrogens (tertiary/aromatic N) is 3. The second-order valence-electron chi connectivity index (χ2n) is 4.50. The number of aryl methyl sites for hydroxylation is 1. The van der Waals surface area contributed by atoms with Crippen molar-refractivity contribution in [2.75, 3.05) is 13.2 Å². The molecule has 84 valence electrons. The molecule has 0 spiro atoms. The smallest absolute Gasteiger partial charge is 0.152 e. The summed E-state index contributed by atoms with van der Waals surface area (Å²) in [5, 5.41) is 11.7. The minimum Gasteiger partial charge on any atom is -0.372 e. The fourth-order valence-corrected chi connectivity index (χ4v) is 1.92. The van der Waals surface area contributed by atoms with E-state index in [0.717, 1.165) is 24.8 Å². The molecule has 1 atom stereocenters. The van der Waals surface area contributed by atoms with E-state index < -0.39 is 0 Å². The first kappa shape index (κ1) is 10.6. The fourth-order valence-electron chi connectivity index (χ4n) is 1.92. The minimum atomic E-state index is -0.231. The maximum atomic E-state index is 5.75. The summed E-state index contributed by atoms with van der Waals surface area (Å²) in [5.41, 5.74) is -0.231. The average molecular weight is 210 g/mol. The average Bonchev–Trinajstić information content (AvgIpc) is 2.48. The molecular formula is C10H18N4O. The van der Waals surface area contributed by atoms with Gasteiger partial charge in [0.1, 0.15) is 5.82 Å². The van der Waals surface area contributed by atoms with Gasteiger partial charge in [-0.2, -0.15) is 0 Å². The monoisotopic (exact) mass is 210 g/mol. The van der Waals surface area contributed by atoms with Crippen LogP contribution < -0.4 is 5.32 Å². The lowest BCUT2D eigenvalue weighted by Crippen LogP contribution is -2.49. The van der Waals surface area contributed by atoms with Gasteiger partial charge < -0.3 is 14.6 Å². The molecule has 0 amide bonds. The van der Waals surface area contributed by atoms with Gasteiger partial charge in [0.25, 0.3) is 0 Å². The molecule has 0 radical (unpaired) electrons. The summed E-state index contributed by atoms with van der Waals surface area (Å²) < 4.78 is 7.76. The van der Waals surface area contributed by atoms with E-state index in [-0.39, 0.29) is 11.6 Å². The van der Waals surface area contributed by atoms with Crippen molar-refractivity contribution < 1.29 is 4.74 Å².